The standard InChI is InChI=1S/C6H2Br4O2.C6H10O3/c7-1-2(8)6(12)4(10)3(9)5(1)11;1(5-3-8-5)7-2-6-4-9-6/h11-12H;5-6H,1-4H2. The fraction of sp³-hybridized carbons (Fsp3) is 0.500. The Balaban J connectivity index is 0.000000159. The molecule has 3 rings (SSSR count). The first kappa shape index (κ1) is 18.0. The molecular weight excluding hydrogens is 544 g/mol. The number of phenolic OH excluding ortho intramolecular Hbond substituents is 2. The van der Waals surface area contributed by atoms with E-state index in [4.69, 9.17) is 14.2 Å². The number of hydrogen-bond donors (Lipinski definition) is 2. The molecule has 5 nitrogen and oxygen atoms in total. The van der Waals surface area contributed by atoms with Crippen LogP contribution in [-0.4, -0.2) is 48.8 Å². The van der Waals surface area contributed by atoms with E-state index < -0.39 is 0 Å². The molecule has 0 aromatic heterocycles. The van der Waals surface area contributed by atoms with E-state index in [2.05, 4.69) is 63.7 Å². The van der Waals surface area contributed by atoms with Crippen molar-refractivity contribution < 1.29 is 24.4 Å². The van der Waals surface area contributed by atoms with Crippen LogP contribution in [-0.2, 0) is 14.2 Å². The van der Waals surface area contributed by atoms with E-state index in [1.807, 2.05) is 0 Å². The maximum Gasteiger partial charge on any atom is 0.146 e. The Hall–Kier alpha value is 0.620. The first-order valence-corrected chi connectivity index (χ1v) is 9.13. The third kappa shape index (κ3) is 5.33. The predicted octanol–water partition coefficient (Wildman–Crippen LogP) is 3.95. The summed E-state index contributed by atoms with van der Waals surface area (Å²) in [5.74, 6) is 0.0677. The smallest absolute Gasteiger partial charge is 0.146 e. The minimum atomic E-state index is 0.0338. The summed E-state index contributed by atoms with van der Waals surface area (Å²) >= 11 is 12.4. The summed E-state index contributed by atoms with van der Waals surface area (Å²) in [5, 5.41) is 18.9. The van der Waals surface area contributed by atoms with Crippen LogP contribution in [0.4, 0.5) is 0 Å². The first-order valence-electron chi connectivity index (χ1n) is 5.96. The second-order valence-corrected chi connectivity index (χ2v) is 7.57. The van der Waals surface area contributed by atoms with Crippen LogP contribution in [0.5, 0.6) is 11.5 Å². The summed E-state index contributed by atoms with van der Waals surface area (Å²) in [6.45, 7) is 3.26. The molecule has 2 heterocycles. The zero-order chi connectivity index (χ0) is 15.6. The Bertz CT molecular complexity index is 400. The minimum absolute atomic E-state index is 0.0338. The van der Waals surface area contributed by atoms with E-state index >= 15 is 0 Å². The largest absolute Gasteiger partial charge is 0.505 e. The van der Waals surface area contributed by atoms with E-state index in [9.17, 15) is 10.2 Å². The molecule has 21 heavy (non-hydrogen) atoms. The van der Waals surface area contributed by atoms with Crippen LogP contribution in [0.15, 0.2) is 17.9 Å². The number of aromatic hydroxyl groups is 2. The third-order valence-corrected chi connectivity index (χ3v) is 6.78. The fourth-order valence-corrected chi connectivity index (χ4v) is 3.34. The molecule has 2 aliphatic heterocycles. The highest BCUT2D eigenvalue weighted by Crippen LogP contribution is 2.48. The Kier molecular flexibility index (Phi) is 6.79. The van der Waals surface area contributed by atoms with E-state index in [0.29, 0.717) is 30.1 Å². The predicted molar refractivity (Wildman–Crippen MR) is 90.9 cm³/mol. The van der Waals surface area contributed by atoms with Crippen molar-refractivity contribution in [2.24, 2.45) is 0 Å². The average molecular weight is 556 g/mol. The molecule has 1 aromatic rings. The Morgan fingerprint density at radius 1 is 0.810 bits per heavy atom. The summed E-state index contributed by atoms with van der Waals surface area (Å²) in [5.41, 5.74) is 0. The average Bonchev–Trinajstić information content (AvgIpc) is 3.36. The molecule has 9 heteroatoms. The zero-order valence-corrected chi connectivity index (χ0v) is 17.0. The Morgan fingerprint density at radius 2 is 1.10 bits per heavy atom. The van der Waals surface area contributed by atoms with Gasteiger partial charge in [0.05, 0.1) is 44.3 Å². The van der Waals surface area contributed by atoms with Crippen molar-refractivity contribution in [3.05, 3.63) is 17.9 Å². The molecule has 2 fully saturated rings. The maximum absolute atomic E-state index is 9.43. The summed E-state index contributed by atoms with van der Waals surface area (Å²) in [7, 11) is 0. The fourth-order valence-electron chi connectivity index (χ4n) is 1.27. The minimum Gasteiger partial charge on any atom is -0.505 e. The van der Waals surface area contributed by atoms with E-state index in [-0.39, 0.29) is 11.5 Å². The number of benzene rings is 1. The van der Waals surface area contributed by atoms with Crippen LogP contribution >= 0.6 is 63.7 Å². The van der Waals surface area contributed by atoms with Crippen molar-refractivity contribution >= 4 is 63.7 Å². The number of epoxide rings is 2. The molecule has 2 atom stereocenters. The van der Waals surface area contributed by atoms with Gasteiger partial charge in [0.25, 0.3) is 0 Å². The van der Waals surface area contributed by atoms with Gasteiger partial charge in [-0.3, -0.25) is 0 Å². The lowest BCUT2D eigenvalue weighted by molar-refractivity contribution is 0.102. The molecule has 2 unspecified atom stereocenters. The molecule has 0 saturated carbocycles. The van der Waals surface area contributed by atoms with Crippen LogP contribution in [0.2, 0.25) is 0 Å². The third-order valence-electron chi connectivity index (χ3n) is 2.63. The van der Waals surface area contributed by atoms with Crippen LogP contribution in [0.1, 0.15) is 0 Å². The highest BCUT2D eigenvalue weighted by atomic mass is 79.9. The number of rotatable bonds is 4. The molecule has 0 radical (unpaired) electrons. The lowest BCUT2D eigenvalue weighted by Gasteiger charge is -2.07. The number of hydrogen-bond acceptors (Lipinski definition) is 5. The lowest BCUT2D eigenvalue weighted by Crippen LogP contribution is -2.06. The second kappa shape index (κ2) is 7.94. The van der Waals surface area contributed by atoms with Gasteiger partial charge in [-0.15, -0.1) is 0 Å². The quantitative estimate of drug-likeness (QED) is 0.334. The van der Waals surface area contributed by atoms with Gasteiger partial charge in [0, 0.05) is 0 Å². The number of ether oxygens (including phenoxy) is 3. The first-order chi connectivity index (χ1) is 9.91. The van der Waals surface area contributed by atoms with Gasteiger partial charge in [-0.05, 0) is 63.7 Å². The van der Waals surface area contributed by atoms with Crippen LogP contribution < -0.4 is 0 Å². The molecule has 0 bridgehead atoms. The van der Waals surface area contributed by atoms with Crippen LogP contribution in [0.25, 0.3) is 0 Å². The SMILES string of the molecule is C(OCC1CO1)C1CO1.Oc1c(Br)c(Br)c(O)c(Br)c1Br. The summed E-state index contributed by atoms with van der Waals surface area (Å²) in [6, 6.07) is 0. The second-order valence-electron chi connectivity index (χ2n) is 4.40. The zero-order valence-electron chi connectivity index (χ0n) is 10.6. The molecule has 0 aliphatic carbocycles. The van der Waals surface area contributed by atoms with Gasteiger partial charge >= 0.3 is 0 Å². The highest BCUT2D eigenvalue weighted by Gasteiger charge is 2.26. The maximum atomic E-state index is 9.43. The van der Waals surface area contributed by atoms with Gasteiger partial charge in [0.1, 0.15) is 23.7 Å². The van der Waals surface area contributed by atoms with Crippen molar-refractivity contribution in [3.8, 4) is 11.5 Å². The van der Waals surface area contributed by atoms with Gasteiger partial charge in [-0.2, -0.15) is 0 Å². The van der Waals surface area contributed by atoms with E-state index in [1.54, 1.807) is 0 Å². The van der Waals surface area contributed by atoms with E-state index in [1.165, 1.54) is 0 Å². The lowest BCUT2D eigenvalue weighted by atomic mass is 10.3. The molecule has 118 valence electrons. The monoisotopic (exact) mass is 552 g/mol. The van der Waals surface area contributed by atoms with Gasteiger partial charge in [0.2, 0.25) is 0 Å². The Labute approximate surface area is 155 Å². The van der Waals surface area contributed by atoms with Crippen LogP contribution in [0, 0.1) is 0 Å². The molecule has 0 spiro atoms. The van der Waals surface area contributed by atoms with Crippen molar-refractivity contribution in [2.45, 2.75) is 12.2 Å². The highest BCUT2D eigenvalue weighted by molar-refractivity contribution is 9.14. The normalized spacial score (nSPS) is 22.5. The summed E-state index contributed by atoms with van der Waals surface area (Å²) in [6.07, 6.45) is 0.785. The molecule has 2 aliphatic rings. The molecular formula is C12H12Br4O5. The van der Waals surface area contributed by atoms with Gasteiger partial charge in [0.15, 0.2) is 0 Å². The van der Waals surface area contributed by atoms with Crippen molar-refractivity contribution in [1.82, 2.24) is 0 Å². The van der Waals surface area contributed by atoms with Crippen molar-refractivity contribution in [2.75, 3.05) is 26.4 Å². The van der Waals surface area contributed by atoms with Crippen molar-refractivity contribution in [3.63, 3.8) is 0 Å². The molecule has 1 aromatic carbocycles. The summed E-state index contributed by atoms with van der Waals surface area (Å²) in [4.78, 5) is 0. The van der Waals surface area contributed by atoms with E-state index in [0.717, 1.165) is 26.4 Å². The van der Waals surface area contributed by atoms with Gasteiger partial charge in [-0.25, -0.2) is 0 Å². The molecule has 2 N–H and O–H groups in total. The summed E-state index contributed by atoms with van der Waals surface area (Å²) < 4.78 is 16.8. The molecule has 2 saturated heterocycles. The Morgan fingerprint density at radius 3 is 1.33 bits per heavy atom. The van der Waals surface area contributed by atoms with Crippen LogP contribution in [0.3, 0.4) is 0 Å². The van der Waals surface area contributed by atoms with Gasteiger partial charge < -0.3 is 24.4 Å². The topological polar surface area (TPSA) is 74.8 Å². The van der Waals surface area contributed by atoms with Crippen molar-refractivity contribution in [1.29, 1.82) is 0 Å². The number of phenols is 2. The van der Waals surface area contributed by atoms with Gasteiger partial charge in [-0.1, -0.05) is 0 Å². The number of halogens is 4. The molecule has 0 amide bonds.